The highest BCUT2D eigenvalue weighted by molar-refractivity contribution is 5.90. The Morgan fingerprint density at radius 3 is 2.25 bits per heavy atom. The van der Waals surface area contributed by atoms with E-state index in [2.05, 4.69) is 72.8 Å². The summed E-state index contributed by atoms with van der Waals surface area (Å²) in [5, 5.41) is 20.4. The van der Waals surface area contributed by atoms with Gasteiger partial charge in [-0.2, -0.15) is 0 Å². The molecule has 0 radical (unpaired) electrons. The van der Waals surface area contributed by atoms with Crippen molar-refractivity contribution in [3.63, 3.8) is 0 Å². The Morgan fingerprint density at radius 1 is 0.769 bits per heavy atom. The Bertz CT molecular complexity index is 2550. The summed E-state index contributed by atoms with van der Waals surface area (Å²) in [6.07, 6.45) is 6.58. The number of ether oxygens (including phenoxy) is 4. The standard InChI is InChI=1S/C55H62O10/c1-35(2)43-24-23-36-17-19-39(20-18-36)31-41(22-21-38-13-10-14-40(30-38)29-37-11-6-4-7-12-37)32-48(58)62-51-49-47(65-55(3,52(51)64-53(43)59)42-15-8-5-9-16-42)26-25-44-46(33-56)45(27-28-61-34-57)54(60)63-50(44)49/h4,6-7,10-14,17-20,25-26,30,41-42,51-52,56-57H,5,8-9,15-16,21-24,27-29,31-34H2,1-3H3/t41-,51-,52+,55+/m1/s1. The highest BCUT2D eigenvalue weighted by Crippen LogP contribution is 2.52. The van der Waals surface area contributed by atoms with Gasteiger partial charge in [-0.25, -0.2) is 9.59 Å². The van der Waals surface area contributed by atoms with Gasteiger partial charge in [-0.15, -0.1) is 0 Å². The minimum absolute atomic E-state index is 0.0305. The molecule has 0 unspecified atom stereocenters. The summed E-state index contributed by atoms with van der Waals surface area (Å²) in [6.45, 7) is 4.80. The highest BCUT2D eigenvalue weighted by atomic mass is 16.6. The lowest BCUT2D eigenvalue weighted by Gasteiger charge is -2.50. The molecule has 10 heteroatoms. The predicted molar refractivity (Wildman–Crippen MR) is 248 cm³/mol. The Hall–Kier alpha value is -5.55. The first-order chi connectivity index (χ1) is 31.5. The molecule has 1 aromatic heterocycles. The van der Waals surface area contributed by atoms with E-state index in [9.17, 15) is 24.6 Å². The monoisotopic (exact) mass is 882 g/mol. The van der Waals surface area contributed by atoms with Crippen LogP contribution in [0.4, 0.5) is 0 Å². The fourth-order valence-electron chi connectivity index (χ4n) is 10.4. The van der Waals surface area contributed by atoms with Crippen LogP contribution in [-0.4, -0.2) is 47.3 Å². The van der Waals surface area contributed by atoms with Gasteiger partial charge in [-0.3, -0.25) is 4.79 Å². The van der Waals surface area contributed by atoms with Crippen LogP contribution in [0, 0.1) is 11.8 Å². The van der Waals surface area contributed by atoms with Gasteiger partial charge in [0.05, 0.1) is 18.8 Å². The Kier molecular flexibility index (Phi) is 14.7. The lowest BCUT2D eigenvalue weighted by atomic mass is 9.71. The first-order valence-electron chi connectivity index (χ1n) is 23.4. The summed E-state index contributed by atoms with van der Waals surface area (Å²) < 4.78 is 31.8. The van der Waals surface area contributed by atoms with Gasteiger partial charge in [-0.1, -0.05) is 104 Å². The zero-order chi connectivity index (χ0) is 45.5. The number of aliphatic hydroxyl groups is 2. The number of allylic oxidation sites excluding steroid dienone is 1. The molecule has 2 N–H and O–H groups in total. The van der Waals surface area contributed by atoms with Crippen LogP contribution in [0.1, 0.15) is 123 Å². The van der Waals surface area contributed by atoms with Gasteiger partial charge in [0, 0.05) is 35.3 Å². The molecule has 0 spiro atoms. The molecule has 4 heterocycles. The van der Waals surface area contributed by atoms with Crippen LogP contribution in [0.2, 0.25) is 0 Å². The second kappa shape index (κ2) is 20.7. The summed E-state index contributed by atoms with van der Waals surface area (Å²) in [7, 11) is 0. The van der Waals surface area contributed by atoms with Crippen molar-refractivity contribution in [2.24, 2.45) is 11.8 Å². The summed E-state index contributed by atoms with van der Waals surface area (Å²) in [5.74, 6) is -0.760. The first-order valence-corrected chi connectivity index (χ1v) is 23.4. The Labute approximate surface area is 381 Å². The quantitative estimate of drug-likeness (QED) is 0.0433. The van der Waals surface area contributed by atoms with Crippen molar-refractivity contribution in [3.8, 4) is 5.75 Å². The number of benzene rings is 4. The first kappa shape index (κ1) is 46.0. The third kappa shape index (κ3) is 10.5. The molecule has 1 saturated carbocycles. The normalized spacial score (nSPS) is 21.9. The highest BCUT2D eigenvalue weighted by Gasteiger charge is 2.56. The van der Waals surface area contributed by atoms with E-state index in [1.165, 1.54) is 16.7 Å². The number of fused-ring (bicyclic) bond motifs is 13. The van der Waals surface area contributed by atoms with Crippen molar-refractivity contribution in [3.05, 3.63) is 157 Å². The van der Waals surface area contributed by atoms with Crippen LogP contribution in [0.15, 0.2) is 111 Å². The fraction of sp³-hybridized carbons (Fsp3) is 0.436. The van der Waals surface area contributed by atoms with Crippen LogP contribution in [0.5, 0.6) is 5.75 Å². The molecule has 4 aromatic carbocycles. The third-order valence-electron chi connectivity index (χ3n) is 14.0. The largest absolute Gasteiger partial charge is 0.483 e. The van der Waals surface area contributed by atoms with Crippen LogP contribution < -0.4 is 10.4 Å². The van der Waals surface area contributed by atoms with Crippen LogP contribution >= 0.6 is 0 Å². The van der Waals surface area contributed by atoms with Crippen LogP contribution in [-0.2, 0) is 62.5 Å². The van der Waals surface area contributed by atoms with Crippen LogP contribution in [0.3, 0.4) is 0 Å². The number of aryl methyl sites for hydroxylation is 2. The average molecular weight is 883 g/mol. The summed E-state index contributed by atoms with van der Waals surface area (Å²) in [5.41, 5.74) is 6.35. The zero-order valence-corrected chi connectivity index (χ0v) is 37.9. The molecule has 65 heavy (non-hydrogen) atoms. The number of hydrogen-bond acceptors (Lipinski definition) is 10. The van der Waals surface area contributed by atoms with Gasteiger partial charge in [0.2, 0.25) is 0 Å². The number of carbonyl (C=O) groups excluding carboxylic acids is 2. The SMILES string of the molecule is CC(C)=C1CCc2ccc(cc2)C[C@@H](CCc2cccc(Cc3ccccc3)c2)CC(=O)O[C@@H]2c3c(ccc4c(CO)c(CCOCO)c(=O)oc34)O[C@@](C)(C3CCCCC3)[C@H]2OC1=O. The maximum absolute atomic E-state index is 14.9. The van der Waals surface area contributed by atoms with Crippen molar-refractivity contribution in [1.82, 2.24) is 0 Å². The molecule has 4 aliphatic rings. The van der Waals surface area contributed by atoms with E-state index in [-0.39, 0.29) is 48.0 Å². The molecule has 4 atom stereocenters. The van der Waals surface area contributed by atoms with Crippen molar-refractivity contribution < 1.29 is 43.2 Å². The summed E-state index contributed by atoms with van der Waals surface area (Å²) in [6, 6.07) is 31.1. The van der Waals surface area contributed by atoms with Crippen molar-refractivity contribution >= 4 is 22.9 Å². The molecule has 2 bridgehead atoms. The zero-order valence-electron chi connectivity index (χ0n) is 37.9. The van der Waals surface area contributed by atoms with Crippen LogP contribution in [0.25, 0.3) is 11.0 Å². The number of esters is 2. The maximum atomic E-state index is 14.9. The molecule has 0 amide bonds. The number of carbonyl (C=O) groups is 2. The fourth-order valence-corrected chi connectivity index (χ4v) is 10.4. The minimum atomic E-state index is -1.22. The van der Waals surface area contributed by atoms with Crippen molar-refractivity contribution in [1.29, 1.82) is 0 Å². The molecule has 9 rings (SSSR count). The maximum Gasteiger partial charge on any atom is 0.339 e. The Balaban J connectivity index is 1.22. The van der Waals surface area contributed by atoms with E-state index in [0.29, 0.717) is 41.5 Å². The van der Waals surface area contributed by atoms with E-state index < -0.39 is 48.8 Å². The molecule has 3 aliphatic heterocycles. The number of rotatable bonds is 11. The predicted octanol–water partition coefficient (Wildman–Crippen LogP) is 9.78. The van der Waals surface area contributed by atoms with Crippen molar-refractivity contribution in [2.45, 2.75) is 129 Å². The number of aliphatic hydroxyl groups excluding tert-OH is 2. The lowest BCUT2D eigenvalue weighted by Crippen LogP contribution is -2.58. The minimum Gasteiger partial charge on any atom is -0.483 e. The lowest BCUT2D eigenvalue weighted by molar-refractivity contribution is -0.201. The number of hydrogen-bond donors (Lipinski definition) is 2. The Morgan fingerprint density at radius 2 is 1.51 bits per heavy atom. The summed E-state index contributed by atoms with van der Waals surface area (Å²) >= 11 is 0. The second-order valence-corrected chi connectivity index (χ2v) is 18.6. The molecular weight excluding hydrogens is 821 g/mol. The van der Waals surface area contributed by atoms with E-state index >= 15 is 0 Å². The van der Waals surface area contributed by atoms with E-state index in [1.54, 1.807) is 12.1 Å². The molecule has 5 aromatic rings. The second-order valence-electron chi connectivity index (χ2n) is 18.6. The summed E-state index contributed by atoms with van der Waals surface area (Å²) in [4.78, 5) is 43.4. The van der Waals surface area contributed by atoms with Crippen molar-refractivity contribution in [2.75, 3.05) is 13.4 Å². The molecule has 1 aliphatic carbocycles. The van der Waals surface area contributed by atoms with Gasteiger partial charge in [0.25, 0.3) is 0 Å². The van der Waals surface area contributed by atoms with Gasteiger partial charge in [-0.05, 0) is 124 Å². The van der Waals surface area contributed by atoms with E-state index in [1.807, 2.05) is 26.8 Å². The van der Waals surface area contributed by atoms with Gasteiger partial charge >= 0.3 is 17.6 Å². The van der Waals surface area contributed by atoms with E-state index in [4.69, 9.17) is 23.4 Å². The smallest absolute Gasteiger partial charge is 0.339 e. The van der Waals surface area contributed by atoms with Gasteiger partial charge < -0.3 is 33.6 Å². The molecule has 0 saturated heterocycles. The molecular formula is C55H62O10. The van der Waals surface area contributed by atoms with Gasteiger partial charge in [0.15, 0.2) is 12.2 Å². The average Bonchev–Trinajstić information content (AvgIpc) is 3.30. The molecule has 342 valence electrons. The van der Waals surface area contributed by atoms with Gasteiger partial charge in [0.1, 0.15) is 23.7 Å². The third-order valence-corrected chi connectivity index (χ3v) is 14.0. The van der Waals surface area contributed by atoms with E-state index in [0.717, 1.165) is 68.1 Å². The topological polar surface area (TPSA) is 142 Å². The molecule has 1 fully saturated rings. The molecule has 10 nitrogen and oxygen atoms in total.